The zero-order valence-corrected chi connectivity index (χ0v) is 10.3. The second kappa shape index (κ2) is 5.46. The standard InChI is InChI=1S/C14H22N2/c1-11-9-14(11)16-10-13-6-4-3-5-12(13)7-8-15-2/h3-6,11,14-16H,7-10H2,1-2H3. The first kappa shape index (κ1) is 11.6. The number of hydrogen-bond acceptors (Lipinski definition) is 2. The quantitative estimate of drug-likeness (QED) is 0.762. The Morgan fingerprint density at radius 1 is 1.25 bits per heavy atom. The molecule has 1 saturated carbocycles. The van der Waals surface area contributed by atoms with Crippen molar-refractivity contribution in [1.82, 2.24) is 10.6 Å². The highest BCUT2D eigenvalue weighted by molar-refractivity contribution is 5.27. The Morgan fingerprint density at radius 3 is 2.56 bits per heavy atom. The summed E-state index contributed by atoms with van der Waals surface area (Å²) < 4.78 is 0. The van der Waals surface area contributed by atoms with Gasteiger partial charge in [-0.2, -0.15) is 0 Å². The van der Waals surface area contributed by atoms with E-state index in [0.717, 1.165) is 31.5 Å². The molecule has 0 aromatic heterocycles. The second-order valence-electron chi connectivity index (χ2n) is 4.82. The number of benzene rings is 1. The highest BCUT2D eigenvalue weighted by Gasteiger charge is 2.31. The van der Waals surface area contributed by atoms with Gasteiger partial charge in [-0.05, 0) is 43.5 Å². The van der Waals surface area contributed by atoms with E-state index in [0.29, 0.717) is 0 Å². The lowest BCUT2D eigenvalue weighted by Gasteiger charge is -2.10. The van der Waals surface area contributed by atoms with Gasteiger partial charge in [0.25, 0.3) is 0 Å². The summed E-state index contributed by atoms with van der Waals surface area (Å²) in [6, 6.07) is 9.51. The molecule has 1 aromatic carbocycles. The topological polar surface area (TPSA) is 24.1 Å². The molecule has 16 heavy (non-hydrogen) atoms. The maximum absolute atomic E-state index is 3.62. The molecule has 1 fully saturated rings. The van der Waals surface area contributed by atoms with Gasteiger partial charge in [-0.3, -0.25) is 0 Å². The van der Waals surface area contributed by atoms with Crippen LogP contribution in [0, 0.1) is 5.92 Å². The summed E-state index contributed by atoms with van der Waals surface area (Å²) in [6.45, 7) is 4.39. The van der Waals surface area contributed by atoms with Crippen LogP contribution in [0.1, 0.15) is 24.5 Å². The van der Waals surface area contributed by atoms with Gasteiger partial charge in [0, 0.05) is 12.6 Å². The van der Waals surface area contributed by atoms with Gasteiger partial charge in [-0.25, -0.2) is 0 Å². The van der Waals surface area contributed by atoms with Crippen LogP contribution in [0.4, 0.5) is 0 Å². The Kier molecular flexibility index (Phi) is 3.97. The summed E-state index contributed by atoms with van der Waals surface area (Å²) in [7, 11) is 2.01. The van der Waals surface area contributed by atoms with Crippen LogP contribution in [-0.4, -0.2) is 19.6 Å². The van der Waals surface area contributed by atoms with Crippen molar-refractivity contribution in [3.05, 3.63) is 35.4 Å². The van der Waals surface area contributed by atoms with E-state index in [9.17, 15) is 0 Å². The summed E-state index contributed by atoms with van der Waals surface area (Å²) in [6.07, 6.45) is 2.47. The molecule has 0 aliphatic heterocycles. The monoisotopic (exact) mass is 218 g/mol. The van der Waals surface area contributed by atoms with Crippen LogP contribution in [-0.2, 0) is 13.0 Å². The molecule has 0 heterocycles. The van der Waals surface area contributed by atoms with Crippen molar-refractivity contribution in [1.29, 1.82) is 0 Å². The summed E-state index contributed by atoms with van der Waals surface area (Å²) in [5, 5.41) is 6.83. The maximum Gasteiger partial charge on any atom is 0.0210 e. The fourth-order valence-corrected chi connectivity index (χ4v) is 2.08. The normalized spacial score (nSPS) is 23.4. The molecule has 1 aliphatic carbocycles. The van der Waals surface area contributed by atoms with Crippen LogP contribution < -0.4 is 10.6 Å². The van der Waals surface area contributed by atoms with Crippen molar-refractivity contribution in [2.24, 2.45) is 5.92 Å². The van der Waals surface area contributed by atoms with E-state index in [1.165, 1.54) is 17.5 Å². The van der Waals surface area contributed by atoms with Gasteiger partial charge in [0.1, 0.15) is 0 Å². The average Bonchev–Trinajstić information content (AvgIpc) is 3.01. The SMILES string of the molecule is CNCCc1ccccc1CNC1CC1C. The lowest BCUT2D eigenvalue weighted by atomic mass is 10.0. The number of rotatable bonds is 6. The van der Waals surface area contributed by atoms with Crippen molar-refractivity contribution >= 4 is 0 Å². The van der Waals surface area contributed by atoms with E-state index >= 15 is 0 Å². The van der Waals surface area contributed by atoms with E-state index in [-0.39, 0.29) is 0 Å². The summed E-state index contributed by atoms with van der Waals surface area (Å²) in [5.74, 6) is 0.879. The van der Waals surface area contributed by atoms with Gasteiger partial charge in [0.15, 0.2) is 0 Å². The molecular formula is C14H22N2. The van der Waals surface area contributed by atoms with Crippen molar-refractivity contribution in [3.8, 4) is 0 Å². The predicted octanol–water partition coefficient (Wildman–Crippen LogP) is 1.95. The third-order valence-corrected chi connectivity index (χ3v) is 3.43. The molecule has 2 atom stereocenters. The third kappa shape index (κ3) is 3.06. The smallest absolute Gasteiger partial charge is 0.0210 e. The van der Waals surface area contributed by atoms with Crippen LogP contribution in [0.3, 0.4) is 0 Å². The molecule has 1 aromatic rings. The minimum absolute atomic E-state index is 0.761. The summed E-state index contributed by atoms with van der Waals surface area (Å²) in [4.78, 5) is 0. The molecule has 2 nitrogen and oxygen atoms in total. The predicted molar refractivity (Wildman–Crippen MR) is 68.5 cm³/mol. The maximum atomic E-state index is 3.62. The first-order valence-electron chi connectivity index (χ1n) is 6.26. The van der Waals surface area contributed by atoms with E-state index in [4.69, 9.17) is 0 Å². The Morgan fingerprint density at radius 2 is 1.94 bits per heavy atom. The van der Waals surface area contributed by atoms with E-state index in [2.05, 4.69) is 41.8 Å². The summed E-state index contributed by atoms with van der Waals surface area (Å²) in [5.41, 5.74) is 2.93. The van der Waals surface area contributed by atoms with Crippen LogP contribution >= 0.6 is 0 Å². The largest absolute Gasteiger partial charge is 0.319 e. The van der Waals surface area contributed by atoms with Gasteiger partial charge >= 0.3 is 0 Å². The van der Waals surface area contributed by atoms with Crippen molar-refractivity contribution in [3.63, 3.8) is 0 Å². The molecule has 0 saturated heterocycles. The van der Waals surface area contributed by atoms with Gasteiger partial charge in [-0.1, -0.05) is 31.2 Å². The van der Waals surface area contributed by atoms with E-state index in [1.54, 1.807) is 0 Å². The van der Waals surface area contributed by atoms with Gasteiger partial charge in [0.2, 0.25) is 0 Å². The van der Waals surface area contributed by atoms with Crippen molar-refractivity contribution < 1.29 is 0 Å². The Labute approximate surface area is 98.4 Å². The Hall–Kier alpha value is -0.860. The summed E-state index contributed by atoms with van der Waals surface area (Å²) >= 11 is 0. The number of likely N-dealkylation sites (N-methyl/N-ethyl adjacent to an activating group) is 1. The fraction of sp³-hybridized carbons (Fsp3) is 0.571. The molecule has 0 bridgehead atoms. The highest BCUT2D eigenvalue weighted by Crippen LogP contribution is 2.29. The molecular weight excluding hydrogens is 196 g/mol. The fourth-order valence-electron chi connectivity index (χ4n) is 2.08. The van der Waals surface area contributed by atoms with Crippen molar-refractivity contribution in [2.75, 3.05) is 13.6 Å². The van der Waals surface area contributed by atoms with Crippen LogP contribution in [0.5, 0.6) is 0 Å². The molecule has 2 heteroatoms. The first-order valence-corrected chi connectivity index (χ1v) is 6.26. The minimum atomic E-state index is 0.761. The highest BCUT2D eigenvalue weighted by atomic mass is 15.0. The van der Waals surface area contributed by atoms with Gasteiger partial charge in [0.05, 0.1) is 0 Å². The third-order valence-electron chi connectivity index (χ3n) is 3.43. The molecule has 2 unspecified atom stereocenters. The molecule has 0 spiro atoms. The molecule has 2 rings (SSSR count). The zero-order chi connectivity index (χ0) is 11.4. The van der Waals surface area contributed by atoms with E-state index < -0.39 is 0 Å². The molecule has 0 radical (unpaired) electrons. The Balaban J connectivity index is 1.90. The van der Waals surface area contributed by atoms with Crippen LogP contribution in [0.25, 0.3) is 0 Å². The minimum Gasteiger partial charge on any atom is -0.319 e. The van der Waals surface area contributed by atoms with Crippen molar-refractivity contribution in [2.45, 2.75) is 32.4 Å². The molecule has 0 amide bonds. The zero-order valence-electron chi connectivity index (χ0n) is 10.3. The van der Waals surface area contributed by atoms with Gasteiger partial charge < -0.3 is 10.6 Å². The molecule has 2 N–H and O–H groups in total. The van der Waals surface area contributed by atoms with E-state index in [1.807, 2.05) is 7.05 Å². The van der Waals surface area contributed by atoms with Crippen LogP contribution in [0.15, 0.2) is 24.3 Å². The average molecular weight is 218 g/mol. The van der Waals surface area contributed by atoms with Crippen LogP contribution in [0.2, 0.25) is 0 Å². The Bertz CT molecular complexity index is 335. The lowest BCUT2D eigenvalue weighted by Crippen LogP contribution is -2.19. The lowest BCUT2D eigenvalue weighted by molar-refractivity contribution is 0.646. The number of nitrogens with one attached hydrogen (secondary N) is 2. The second-order valence-corrected chi connectivity index (χ2v) is 4.82. The van der Waals surface area contributed by atoms with Gasteiger partial charge in [-0.15, -0.1) is 0 Å². The first-order chi connectivity index (χ1) is 7.81. The molecule has 88 valence electrons. The number of hydrogen-bond donors (Lipinski definition) is 2. The molecule has 1 aliphatic rings.